The first-order chi connectivity index (χ1) is 12.7. The maximum absolute atomic E-state index is 12.3. The van der Waals surface area contributed by atoms with Crippen LogP contribution in [0.15, 0.2) is 54.6 Å². The van der Waals surface area contributed by atoms with Gasteiger partial charge in [-0.15, -0.1) is 0 Å². The van der Waals surface area contributed by atoms with Crippen LogP contribution in [0.25, 0.3) is 0 Å². The quantitative estimate of drug-likeness (QED) is 0.787. The second-order valence-corrected chi connectivity index (χ2v) is 6.83. The van der Waals surface area contributed by atoms with Gasteiger partial charge in [0, 0.05) is 6.54 Å². The number of amides is 1. The van der Waals surface area contributed by atoms with Gasteiger partial charge < -0.3 is 10.1 Å². The highest BCUT2D eigenvalue weighted by Gasteiger charge is 2.24. The van der Waals surface area contributed by atoms with E-state index in [9.17, 15) is 4.79 Å². The molecule has 0 saturated carbocycles. The first-order valence-corrected chi connectivity index (χ1v) is 9.48. The molecule has 1 aliphatic heterocycles. The number of nitrogens with one attached hydrogen (secondary N) is 1. The van der Waals surface area contributed by atoms with Crippen molar-refractivity contribution in [2.24, 2.45) is 0 Å². The van der Waals surface area contributed by atoms with Gasteiger partial charge in [-0.3, -0.25) is 9.69 Å². The van der Waals surface area contributed by atoms with Crippen LogP contribution < -0.4 is 10.1 Å². The molecule has 3 rings (SSSR count). The van der Waals surface area contributed by atoms with E-state index in [4.69, 9.17) is 4.74 Å². The van der Waals surface area contributed by atoms with Gasteiger partial charge in [-0.1, -0.05) is 42.5 Å². The molecule has 138 valence electrons. The molecule has 2 aromatic rings. The van der Waals surface area contributed by atoms with Gasteiger partial charge in [0.1, 0.15) is 5.75 Å². The van der Waals surface area contributed by atoms with Crippen LogP contribution >= 0.6 is 0 Å². The summed E-state index contributed by atoms with van der Waals surface area (Å²) in [5.41, 5.74) is 2.60. The van der Waals surface area contributed by atoms with Gasteiger partial charge in [0.05, 0.1) is 19.1 Å². The lowest BCUT2D eigenvalue weighted by Gasteiger charge is -2.29. The number of hydrogen-bond acceptors (Lipinski definition) is 3. The highest BCUT2D eigenvalue weighted by molar-refractivity contribution is 5.76. The van der Waals surface area contributed by atoms with Crippen LogP contribution in [-0.4, -0.2) is 37.0 Å². The van der Waals surface area contributed by atoms with Crippen molar-refractivity contribution in [3.8, 4) is 5.75 Å². The molecule has 4 heteroatoms. The van der Waals surface area contributed by atoms with Crippen LogP contribution in [-0.2, 0) is 4.79 Å². The SMILES string of the molecule is Cc1ccccc1C(CNC(=O)CCOc1ccccc1)N1CCCC1. The minimum atomic E-state index is 0.0405. The van der Waals surface area contributed by atoms with E-state index in [2.05, 4.69) is 41.4 Å². The Kier molecular flexibility index (Phi) is 6.67. The highest BCUT2D eigenvalue weighted by atomic mass is 16.5. The number of rotatable bonds is 8. The molecule has 1 atom stereocenters. The molecule has 4 nitrogen and oxygen atoms in total. The Morgan fingerprint density at radius 3 is 2.50 bits per heavy atom. The third kappa shape index (κ3) is 5.09. The van der Waals surface area contributed by atoms with Crippen molar-refractivity contribution in [3.63, 3.8) is 0 Å². The lowest BCUT2D eigenvalue weighted by atomic mass is 10.00. The monoisotopic (exact) mass is 352 g/mol. The van der Waals surface area contributed by atoms with Gasteiger partial charge in [-0.05, 0) is 56.1 Å². The van der Waals surface area contributed by atoms with Crippen LogP contribution in [0.4, 0.5) is 0 Å². The Hall–Kier alpha value is -2.33. The largest absolute Gasteiger partial charge is 0.493 e. The number of likely N-dealkylation sites (tertiary alicyclic amines) is 1. The number of ether oxygens (including phenoxy) is 1. The number of benzene rings is 2. The average Bonchev–Trinajstić information content (AvgIpc) is 3.19. The topological polar surface area (TPSA) is 41.6 Å². The average molecular weight is 352 g/mol. The van der Waals surface area contributed by atoms with Crippen LogP contribution in [0.3, 0.4) is 0 Å². The molecule has 1 amide bonds. The molecule has 1 unspecified atom stereocenters. The third-order valence-corrected chi connectivity index (χ3v) is 4.96. The van der Waals surface area contributed by atoms with Crippen LogP contribution in [0.5, 0.6) is 5.75 Å². The number of carbonyl (C=O) groups excluding carboxylic acids is 1. The highest BCUT2D eigenvalue weighted by Crippen LogP contribution is 2.26. The molecule has 2 aromatic carbocycles. The molecule has 0 spiro atoms. The fourth-order valence-corrected chi connectivity index (χ4v) is 3.53. The minimum Gasteiger partial charge on any atom is -0.493 e. The number of nitrogens with zero attached hydrogens (tertiary/aromatic N) is 1. The third-order valence-electron chi connectivity index (χ3n) is 4.96. The Morgan fingerprint density at radius 1 is 1.08 bits per heavy atom. The molecule has 1 heterocycles. The Bertz CT molecular complexity index is 696. The summed E-state index contributed by atoms with van der Waals surface area (Å²) in [5.74, 6) is 0.842. The molecule has 1 aliphatic rings. The van der Waals surface area contributed by atoms with E-state index in [0.29, 0.717) is 19.6 Å². The number of carbonyl (C=O) groups is 1. The Labute approximate surface area is 156 Å². The van der Waals surface area contributed by atoms with Gasteiger partial charge in [0.2, 0.25) is 5.91 Å². The van der Waals surface area contributed by atoms with Crippen molar-refractivity contribution in [1.29, 1.82) is 0 Å². The van der Waals surface area contributed by atoms with E-state index in [0.717, 1.165) is 18.8 Å². The van der Waals surface area contributed by atoms with E-state index in [1.54, 1.807) is 0 Å². The molecule has 1 saturated heterocycles. The predicted octanol–water partition coefficient (Wildman–Crippen LogP) is 3.72. The lowest BCUT2D eigenvalue weighted by Crippen LogP contribution is -2.37. The zero-order valence-corrected chi connectivity index (χ0v) is 15.5. The second kappa shape index (κ2) is 9.39. The normalized spacial score (nSPS) is 15.6. The fourth-order valence-electron chi connectivity index (χ4n) is 3.53. The van der Waals surface area contributed by atoms with Gasteiger partial charge >= 0.3 is 0 Å². The van der Waals surface area contributed by atoms with E-state index in [-0.39, 0.29) is 11.9 Å². The molecule has 0 aliphatic carbocycles. The number of para-hydroxylation sites is 1. The van der Waals surface area contributed by atoms with Crippen molar-refractivity contribution in [3.05, 3.63) is 65.7 Å². The van der Waals surface area contributed by atoms with Gasteiger partial charge in [0.25, 0.3) is 0 Å². The molecule has 0 bridgehead atoms. The summed E-state index contributed by atoms with van der Waals surface area (Å²) in [6.07, 6.45) is 2.85. The summed E-state index contributed by atoms with van der Waals surface area (Å²) in [7, 11) is 0. The zero-order chi connectivity index (χ0) is 18.2. The second-order valence-electron chi connectivity index (χ2n) is 6.83. The number of hydrogen-bond donors (Lipinski definition) is 1. The molecule has 1 fully saturated rings. The van der Waals surface area contributed by atoms with Crippen LogP contribution in [0.1, 0.15) is 36.4 Å². The lowest BCUT2D eigenvalue weighted by molar-refractivity contribution is -0.121. The summed E-state index contributed by atoms with van der Waals surface area (Å²) in [6, 6.07) is 18.3. The molecule has 0 radical (unpaired) electrons. The van der Waals surface area contributed by atoms with Crippen molar-refractivity contribution in [2.75, 3.05) is 26.2 Å². The summed E-state index contributed by atoms with van der Waals surface area (Å²) in [4.78, 5) is 14.7. The standard InChI is InChI=1S/C22H28N2O2/c1-18-9-5-6-12-20(18)21(24-14-7-8-15-24)17-23-22(25)13-16-26-19-10-3-2-4-11-19/h2-6,9-12,21H,7-8,13-17H2,1H3,(H,23,25). The van der Waals surface area contributed by atoms with Crippen molar-refractivity contribution in [2.45, 2.75) is 32.2 Å². The van der Waals surface area contributed by atoms with E-state index < -0.39 is 0 Å². The molecule has 1 N–H and O–H groups in total. The minimum absolute atomic E-state index is 0.0405. The summed E-state index contributed by atoms with van der Waals surface area (Å²) in [5, 5.41) is 3.11. The summed E-state index contributed by atoms with van der Waals surface area (Å²) in [6.45, 7) is 5.40. The Morgan fingerprint density at radius 2 is 1.77 bits per heavy atom. The van der Waals surface area contributed by atoms with Crippen LogP contribution in [0, 0.1) is 6.92 Å². The number of aryl methyl sites for hydroxylation is 1. The first-order valence-electron chi connectivity index (χ1n) is 9.48. The molecular formula is C22H28N2O2. The maximum Gasteiger partial charge on any atom is 0.223 e. The predicted molar refractivity (Wildman–Crippen MR) is 104 cm³/mol. The van der Waals surface area contributed by atoms with E-state index >= 15 is 0 Å². The van der Waals surface area contributed by atoms with Crippen molar-refractivity contribution < 1.29 is 9.53 Å². The van der Waals surface area contributed by atoms with Gasteiger partial charge in [-0.25, -0.2) is 0 Å². The zero-order valence-electron chi connectivity index (χ0n) is 15.5. The van der Waals surface area contributed by atoms with Crippen molar-refractivity contribution >= 4 is 5.91 Å². The summed E-state index contributed by atoms with van der Waals surface area (Å²) < 4.78 is 5.62. The van der Waals surface area contributed by atoms with Gasteiger partial charge in [-0.2, -0.15) is 0 Å². The fraction of sp³-hybridized carbons (Fsp3) is 0.409. The van der Waals surface area contributed by atoms with E-state index in [1.807, 2.05) is 30.3 Å². The van der Waals surface area contributed by atoms with Gasteiger partial charge in [0.15, 0.2) is 0 Å². The smallest absolute Gasteiger partial charge is 0.223 e. The van der Waals surface area contributed by atoms with Crippen LogP contribution in [0.2, 0.25) is 0 Å². The summed E-state index contributed by atoms with van der Waals surface area (Å²) >= 11 is 0. The maximum atomic E-state index is 12.3. The van der Waals surface area contributed by atoms with E-state index in [1.165, 1.54) is 24.0 Å². The first kappa shape index (κ1) is 18.5. The molecule has 26 heavy (non-hydrogen) atoms. The van der Waals surface area contributed by atoms with Crippen molar-refractivity contribution in [1.82, 2.24) is 10.2 Å². The molecule has 0 aromatic heterocycles. The molecular weight excluding hydrogens is 324 g/mol. The Balaban J connectivity index is 1.52.